The summed E-state index contributed by atoms with van der Waals surface area (Å²) < 4.78 is 0. The van der Waals surface area contributed by atoms with Gasteiger partial charge in [-0.2, -0.15) is 0 Å². The summed E-state index contributed by atoms with van der Waals surface area (Å²) in [7, 11) is 0. The molecule has 1 fully saturated rings. The average molecular weight is 230 g/mol. The molecule has 0 aromatic rings. The van der Waals surface area contributed by atoms with Crippen LogP contribution in [-0.2, 0) is 0 Å². The molecule has 2 aliphatic rings. The molecule has 0 nitrogen and oxygen atoms in total. The molecular formula is C17H26. The van der Waals surface area contributed by atoms with E-state index in [1.807, 2.05) is 0 Å². The molecule has 2 bridgehead atoms. The molecule has 0 saturated heterocycles. The topological polar surface area (TPSA) is 0 Å². The van der Waals surface area contributed by atoms with E-state index in [2.05, 4.69) is 45.9 Å². The number of fused-ring (bicyclic) bond motifs is 2. The normalized spacial score (nSPS) is 31.1. The van der Waals surface area contributed by atoms with Gasteiger partial charge in [-0.1, -0.05) is 34.9 Å². The Morgan fingerprint density at radius 3 is 2.41 bits per heavy atom. The monoisotopic (exact) mass is 230 g/mol. The Kier molecular flexibility index (Phi) is 3.91. The third-order valence-electron chi connectivity index (χ3n) is 4.69. The predicted octanol–water partition coefficient (Wildman–Crippen LogP) is 5.28. The van der Waals surface area contributed by atoms with Crippen molar-refractivity contribution in [3.8, 4) is 0 Å². The summed E-state index contributed by atoms with van der Waals surface area (Å²) >= 11 is 0. The highest BCUT2D eigenvalue weighted by atomic mass is 14.4. The molecule has 94 valence electrons. The van der Waals surface area contributed by atoms with Gasteiger partial charge in [0, 0.05) is 0 Å². The molecule has 1 saturated carbocycles. The van der Waals surface area contributed by atoms with Crippen molar-refractivity contribution in [2.45, 2.75) is 53.4 Å². The van der Waals surface area contributed by atoms with E-state index in [9.17, 15) is 0 Å². The first-order chi connectivity index (χ1) is 8.10. The van der Waals surface area contributed by atoms with E-state index in [0.29, 0.717) is 0 Å². The van der Waals surface area contributed by atoms with Crippen molar-refractivity contribution in [2.75, 3.05) is 0 Å². The van der Waals surface area contributed by atoms with Crippen LogP contribution in [0.4, 0.5) is 0 Å². The van der Waals surface area contributed by atoms with Crippen molar-refractivity contribution in [1.82, 2.24) is 0 Å². The molecule has 0 amide bonds. The van der Waals surface area contributed by atoms with Crippen molar-refractivity contribution in [1.29, 1.82) is 0 Å². The molecule has 0 radical (unpaired) electrons. The molecular weight excluding hydrogens is 204 g/mol. The fourth-order valence-corrected chi connectivity index (χ4v) is 3.28. The average Bonchev–Trinajstić information content (AvgIpc) is 2.89. The molecule has 3 atom stereocenters. The number of rotatable bonds is 4. The van der Waals surface area contributed by atoms with Crippen LogP contribution in [0.1, 0.15) is 53.4 Å². The molecule has 0 spiro atoms. The third-order valence-corrected chi connectivity index (χ3v) is 4.69. The predicted molar refractivity (Wildman–Crippen MR) is 75.9 cm³/mol. The lowest BCUT2D eigenvalue weighted by molar-refractivity contribution is 0.441. The molecule has 0 aromatic carbocycles. The van der Waals surface area contributed by atoms with Crippen LogP contribution < -0.4 is 0 Å². The van der Waals surface area contributed by atoms with Crippen molar-refractivity contribution in [3.63, 3.8) is 0 Å². The lowest BCUT2D eigenvalue weighted by atomic mass is 9.85. The smallest absolute Gasteiger partial charge is 0.0109 e. The summed E-state index contributed by atoms with van der Waals surface area (Å²) in [6.07, 6.45) is 12.7. The van der Waals surface area contributed by atoms with Gasteiger partial charge in [0.25, 0.3) is 0 Å². The van der Waals surface area contributed by atoms with Crippen LogP contribution in [-0.4, -0.2) is 0 Å². The molecule has 2 rings (SSSR count). The van der Waals surface area contributed by atoms with E-state index in [0.717, 1.165) is 17.8 Å². The van der Waals surface area contributed by atoms with Crippen molar-refractivity contribution >= 4 is 0 Å². The first-order valence-electron chi connectivity index (χ1n) is 7.05. The van der Waals surface area contributed by atoms with Crippen LogP contribution in [0.15, 0.2) is 34.9 Å². The first-order valence-corrected chi connectivity index (χ1v) is 7.05. The number of allylic oxidation sites excluding steroid dienone is 6. The Morgan fingerprint density at radius 1 is 1.18 bits per heavy atom. The molecule has 2 aliphatic carbocycles. The summed E-state index contributed by atoms with van der Waals surface area (Å²) in [4.78, 5) is 0. The third kappa shape index (κ3) is 2.91. The van der Waals surface area contributed by atoms with Gasteiger partial charge in [0.05, 0.1) is 0 Å². The lowest BCUT2D eigenvalue weighted by Crippen LogP contribution is -2.08. The van der Waals surface area contributed by atoms with Crippen LogP contribution in [0.2, 0.25) is 0 Å². The maximum Gasteiger partial charge on any atom is -0.0109 e. The molecule has 0 heterocycles. The number of hydrogen-bond donors (Lipinski definition) is 0. The SMILES string of the molecule is C/C=C(\CC(C)=C(C)C)CC1CC2C=CC1C2. The first kappa shape index (κ1) is 12.7. The van der Waals surface area contributed by atoms with Crippen molar-refractivity contribution < 1.29 is 0 Å². The highest BCUT2D eigenvalue weighted by Crippen LogP contribution is 2.46. The quantitative estimate of drug-likeness (QED) is 0.576. The molecule has 0 N–H and O–H groups in total. The van der Waals surface area contributed by atoms with E-state index >= 15 is 0 Å². The van der Waals surface area contributed by atoms with Gasteiger partial charge in [-0.3, -0.25) is 0 Å². The molecule has 0 aromatic heterocycles. The highest BCUT2D eigenvalue weighted by molar-refractivity contribution is 5.20. The van der Waals surface area contributed by atoms with Gasteiger partial charge in [-0.25, -0.2) is 0 Å². The second-order valence-corrected chi connectivity index (χ2v) is 6.15. The van der Waals surface area contributed by atoms with Crippen LogP contribution in [0.25, 0.3) is 0 Å². The minimum Gasteiger partial charge on any atom is -0.0881 e. The van der Waals surface area contributed by atoms with E-state index < -0.39 is 0 Å². The summed E-state index contributed by atoms with van der Waals surface area (Å²) in [5.74, 6) is 2.73. The van der Waals surface area contributed by atoms with Crippen LogP contribution in [0.3, 0.4) is 0 Å². The molecule has 0 heteroatoms. The summed E-state index contributed by atoms with van der Waals surface area (Å²) in [5, 5.41) is 0. The van der Waals surface area contributed by atoms with E-state index in [1.165, 1.54) is 31.3 Å². The summed E-state index contributed by atoms with van der Waals surface area (Å²) in [5.41, 5.74) is 4.68. The van der Waals surface area contributed by atoms with Gasteiger partial charge in [-0.15, -0.1) is 0 Å². The maximum atomic E-state index is 2.47. The van der Waals surface area contributed by atoms with E-state index in [4.69, 9.17) is 0 Å². The van der Waals surface area contributed by atoms with Gasteiger partial charge in [0.15, 0.2) is 0 Å². The standard InChI is InChI=1S/C17H26/c1-5-14(8-13(4)12(2)3)9-17-11-15-6-7-16(17)10-15/h5-7,15-17H,8-11H2,1-4H3/b14-5+. The second kappa shape index (κ2) is 5.25. The lowest BCUT2D eigenvalue weighted by Gasteiger charge is -2.20. The van der Waals surface area contributed by atoms with Gasteiger partial charge in [0.1, 0.15) is 0 Å². The Hall–Kier alpha value is -0.780. The van der Waals surface area contributed by atoms with Crippen LogP contribution in [0.5, 0.6) is 0 Å². The zero-order valence-corrected chi connectivity index (χ0v) is 11.8. The molecule has 3 unspecified atom stereocenters. The second-order valence-electron chi connectivity index (χ2n) is 6.15. The van der Waals surface area contributed by atoms with Gasteiger partial charge in [0.2, 0.25) is 0 Å². The van der Waals surface area contributed by atoms with Gasteiger partial charge in [-0.05, 0) is 71.1 Å². The zero-order valence-electron chi connectivity index (χ0n) is 11.8. The van der Waals surface area contributed by atoms with Gasteiger partial charge >= 0.3 is 0 Å². The largest absolute Gasteiger partial charge is 0.0881 e. The molecule has 17 heavy (non-hydrogen) atoms. The van der Waals surface area contributed by atoms with Gasteiger partial charge < -0.3 is 0 Å². The Labute approximate surface area is 106 Å². The zero-order chi connectivity index (χ0) is 12.4. The van der Waals surface area contributed by atoms with Crippen LogP contribution in [0, 0.1) is 17.8 Å². The fraction of sp³-hybridized carbons (Fsp3) is 0.647. The Bertz CT molecular complexity index is 363. The maximum absolute atomic E-state index is 2.47. The number of hydrogen-bond acceptors (Lipinski definition) is 0. The highest BCUT2D eigenvalue weighted by Gasteiger charge is 2.35. The van der Waals surface area contributed by atoms with E-state index in [1.54, 1.807) is 11.1 Å². The minimum absolute atomic E-state index is 0.891. The Balaban J connectivity index is 1.93. The van der Waals surface area contributed by atoms with E-state index in [-0.39, 0.29) is 0 Å². The van der Waals surface area contributed by atoms with Crippen molar-refractivity contribution in [3.05, 3.63) is 34.9 Å². The Morgan fingerprint density at radius 2 is 1.94 bits per heavy atom. The summed E-state index contributed by atoms with van der Waals surface area (Å²) in [6.45, 7) is 8.93. The van der Waals surface area contributed by atoms with Crippen molar-refractivity contribution in [2.24, 2.45) is 17.8 Å². The summed E-state index contributed by atoms with van der Waals surface area (Å²) in [6, 6.07) is 0. The van der Waals surface area contributed by atoms with Crippen LogP contribution >= 0.6 is 0 Å². The molecule has 0 aliphatic heterocycles. The minimum atomic E-state index is 0.891. The fourth-order valence-electron chi connectivity index (χ4n) is 3.28.